The molecular weight excluding hydrogens is 190 g/mol. The quantitative estimate of drug-likeness (QED) is 0.593. The van der Waals surface area contributed by atoms with Gasteiger partial charge in [-0.15, -0.1) is 0 Å². The second-order valence-electron chi connectivity index (χ2n) is 3.74. The Bertz CT molecular complexity index is 350. The number of hydrogen-bond acceptors (Lipinski definition) is 5. The lowest BCUT2D eigenvalue weighted by molar-refractivity contribution is 0.707. The highest BCUT2D eigenvalue weighted by Gasteiger charge is 2.14. The van der Waals surface area contributed by atoms with Crippen LogP contribution in [0.2, 0.25) is 0 Å². The summed E-state index contributed by atoms with van der Waals surface area (Å²) in [6.45, 7) is 2.56. The van der Waals surface area contributed by atoms with Gasteiger partial charge in [-0.05, 0) is 25.1 Å². The lowest BCUT2D eigenvalue weighted by Crippen LogP contribution is -2.16. The van der Waals surface area contributed by atoms with E-state index in [1.165, 1.54) is 5.56 Å². The summed E-state index contributed by atoms with van der Waals surface area (Å²) in [7, 11) is 0. The van der Waals surface area contributed by atoms with Crippen molar-refractivity contribution in [3.05, 3.63) is 17.0 Å². The summed E-state index contributed by atoms with van der Waals surface area (Å²) < 4.78 is 0. The minimum Gasteiger partial charge on any atom is -0.368 e. The lowest BCUT2D eigenvalue weighted by Gasteiger charge is -2.10. The number of rotatable bonds is 2. The van der Waals surface area contributed by atoms with Crippen molar-refractivity contribution in [2.75, 3.05) is 25.4 Å². The zero-order chi connectivity index (χ0) is 10.7. The summed E-state index contributed by atoms with van der Waals surface area (Å²) in [5.41, 5.74) is 14.6. The van der Waals surface area contributed by atoms with Crippen LogP contribution in [0.5, 0.6) is 0 Å². The maximum Gasteiger partial charge on any atom is 0.220 e. The number of anilines is 1. The van der Waals surface area contributed by atoms with Crippen LogP contribution in [0.4, 0.5) is 5.95 Å². The van der Waals surface area contributed by atoms with Gasteiger partial charge in [0.1, 0.15) is 0 Å². The van der Waals surface area contributed by atoms with Gasteiger partial charge in [0.25, 0.3) is 0 Å². The third kappa shape index (κ3) is 2.24. The smallest absolute Gasteiger partial charge is 0.220 e. The second-order valence-corrected chi connectivity index (χ2v) is 3.74. The van der Waals surface area contributed by atoms with Crippen LogP contribution < -0.4 is 16.8 Å². The van der Waals surface area contributed by atoms with Crippen LogP contribution >= 0.6 is 0 Å². The number of nitrogens with zero attached hydrogens (tertiary/aromatic N) is 2. The number of hydrogen-bond donors (Lipinski definition) is 3. The first kappa shape index (κ1) is 10.3. The summed E-state index contributed by atoms with van der Waals surface area (Å²) >= 11 is 0. The van der Waals surface area contributed by atoms with Crippen LogP contribution in [0.1, 0.15) is 17.0 Å². The number of aromatic nitrogens is 2. The molecule has 1 aromatic rings. The molecule has 0 unspecified atom stereocenters. The van der Waals surface area contributed by atoms with Crippen molar-refractivity contribution < 1.29 is 0 Å². The molecule has 0 saturated carbocycles. The predicted octanol–water partition coefficient (Wildman–Crippen LogP) is -0.752. The van der Waals surface area contributed by atoms with Crippen molar-refractivity contribution in [3.63, 3.8) is 0 Å². The van der Waals surface area contributed by atoms with Crippen LogP contribution in [-0.4, -0.2) is 29.6 Å². The van der Waals surface area contributed by atoms with E-state index in [4.69, 9.17) is 11.5 Å². The normalized spacial score (nSPS) is 15.8. The van der Waals surface area contributed by atoms with Crippen molar-refractivity contribution in [1.29, 1.82) is 0 Å². The van der Waals surface area contributed by atoms with Gasteiger partial charge >= 0.3 is 0 Å². The fourth-order valence-corrected chi connectivity index (χ4v) is 1.99. The highest BCUT2D eigenvalue weighted by molar-refractivity contribution is 5.33. The van der Waals surface area contributed by atoms with Gasteiger partial charge in [0.2, 0.25) is 5.95 Å². The van der Waals surface area contributed by atoms with Crippen LogP contribution in [0, 0.1) is 0 Å². The van der Waals surface area contributed by atoms with E-state index in [-0.39, 0.29) is 0 Å². The van der Waals surface area contributed by atoms with Crippen LogP contribution in [-0.2, 0) is 19.3 Å². The molecule has 0 spiro atoms. The molecule has 1 aliphatic heterocycles. The van der Waals surface area contributed by atoms with Crippen LogP contribution in [0.15, 0.2) is 0 Å². The molecule has 0 radical (unpaired) electrons. The molecular formula is C10H17N5. The van der Waals surface area contributed by atoms with Gasteiger partial charge < -0.3 is 16.8 Å². The molecule has 2 rings (SSSR count). The summed E-state index contributed by atoms with van der Waals surface area (Å²) in [6, 6.07) is 0. The van der Waals surface area contributed by atoms with Gasteiger partial charge in [0.05, 0.1) is 11.4 Å². The van der Waals surface area contributed by atoms with E-state index < -0.39 is 0 Å². The van der Waals surface area contributed by atoms with Gasteiger partial charge in [0, 0.05) is 19.4 Å². The minimum absolute atomic E-state index is 0.374. The maximum atomic E-state index is 5.68. The monoisotopic (exact) mass is 207 g/mol. The number of nitrogen functional groups attached to an aromatic ring is 1. The zero-order valence-corrected chi connectivity index (χ0v) is 8.79. The molecule has 0 aliphatic carbocycles. The molecule has 0 aromatic carbocycles. The Morgan fingerprint density at radius 1 is 1.20 bits per heavy atom. The zero-order valence-electron chi connectivity index (χ0n) is 8.79. The fraction of sp³-hybridized carbons (Fsp3) is 0.600. The average molecular weight is 207 g/mol. The van der Waals surface area contributed by atoms with Crippen molar-refractivity contribution in [2.45, 2.75) is 19.3 Å². The Kier molecular flexibility index (Phi) is 3.13. The summed E-state index contributed by atoms with van der Waals surface area (Å²) in [4.78, 5) is 8.58. The number of nitrogens with two attached hydrogens (primary N) is 2. The maximum absolute atomic E-state index is 5.68. The van der Waals surface area contributed by atoms with E-state index in [9.17, 15) is 0 Å². The minimum atomic E-state index is 0.374. The van der Waals surface area contributed by atoms with Gasteiger partial charge in [0.15, 0.2) is 0 Å². The third-order valence-electron chi connectivity index (χ3n) is 2.67. The van der Waals surface area contributed by atoms with Gasteiger partial charge in [-0.3, -0.25) is 0 Å². The standard InChI is InChI=1S/C10H17N5/c11-4-1-8-7-2-5-13-6-3-9(7)15-10(12)14-8/h13H,1-6,11H2,(H2,12,14,15). The summed E-state index contributed by atoms with van der Waals surface area (Å²) in [5.74, 6) is 0.374. The molecule has 1 aliphatic rings. The predicted molar refractivity (Wildman–Crippen MR) is 59.5 cm³/mol. The molecule has 0 saturated heterocycles. The number of nitrogens with one attached hydrogen (secondary N) is 1. The van der Waals surface area contributed by atoms with Crippen LogP contribution in [0.3, 0.4) is 0 Å². The Morgan fingerprint density at radius 2 is 2.00 bits per heavy atom. The molecule has 2 heterocycles. The lowest BCUT2D eigenvalue weighted by atomic mass is 10.0. The third-order valence-corrected chi connectivity index (χ3v) is 2.67. The van der Waals surface area contributed by atoms with Gasteiger partial charge in [-0.25, -0.2) is 9.97 Å². The van der Waals surface area contributed by atoms with E-state index in [1.54, 1.807) is 0 Å². The molecule has 0 amide bonds. The summed E-state index contributed by atoms with van der Waals surface area (Å²) in [6.07, 6.45) is 2.69. The molecule has 5 nitrogen and oxygen atoms in total. The Balaban J connectivity index is 2.40. The van der Waals surface area contributed by atoms with E-state index in [0.29, 0.717) is 12.5 Å². The first-order valence-electron chi connectivity index (χ1n) is 5.36. The van der Waals surface area contributed by atoms with Gasteiger partial charge in [-0.1, -0.05) is 0 Å². The van der Waals surface area contributed by atoms with Crippen LogP contribution in [0.25, 0.3) is 0 Å². The summed E-state index contributed by atoms with van der Waals surface area (Å²) in [5, 5.41) is 3.34. The molecule has 0 fully saturated rings. The molecule has 0 bridgehead atoms. The Morgan fingerprint density at radius 3 is 2.80 bits per heavy atom. The number of fused-ring (bicyclic) bond motifs is 1. The topological polar surface area (TPSA) is 89.8 Å². The van der Waals surface area contributed by atoms with Gasteiger partial charge in [-0.2, -0.15) is 0 Å². The first-order chi connectivity index (χ1) is 7.31. The molecule has 5 N–H and O–H groups in total. The highest BCUT2D eigenvalue weighted by Crippen LogP contribution is 2.16. The van der Waals surface area contributed by atoms with E-state index >= 15 is 0 Å². The molecule has 82 valence electrons. The van der Waals surface area contributed by atoms with Crippen molar-refractivity contribution in [1.82, 2.24) is 15.3 Å². The second kappa shape index (κ2) is 4.55. The average Bonchev–Trinajstić information content (AvgIpc) is 2.43. The molecule has 1 aromatic heterocycles. The van der Waals surface area contributed by atoms with E-state index in [0.717, 1.165) is 43.7 Å². The Hall–Kier alpha value is -1.20. The first-order valence-corrected chi connectivity index (χ1v) is 5.36. The van der Waals surface area contributed by atoms with Crippen molar-refractivity contribution in [3.8, 4) is 0 Å². The van der Waals surface area contributed by atoms with E-state index in [2.05, 4.69) is 15.3 Å². The molecule has 5 heteroatoms. The fourth-order valence-electron chi connectivity index (χ4n) is 1.99. The van der Waals surface area contributed by atoms with Crippen molar-refractivity contribution in [2.24, 2.45) is 5.73 Å². The Labute approximate surface area is 89.3 Å². The molecule has 15 heavy (non-hydrogen) atoms. The SMILES string of the molecule is NCCc1nc(N)nc2c1CCNCC2. The highest BCUT2D eigenvalue weighted by atomic mass is 15.0. The largest absolute Gasteiger partial charge is 0.368 e. The van der Waals surface area contributed by atoms with Crippen molar-refractivity contribution >= 4 is 5.95 Å². The molecule has 0 atom stereocenters. The van der Waals surface area contributed by atoms with E-state index in [1.807, 2.05) is 0 Å².